The Morgan fingerprint density at radius 3 is 2.75 bits per heavy atom. The topological polar surface area (TPSA) is 80.0 Å². The van der Waals surface area contributed by atoms with Crippen molar-refractivity contribution < 1.29 is 4.79 Å². The first-order chi connectivity index (χ1) is 13.8. The molecule has 4 aromatic rings. The van der Waals surface area contributed by atoms with E-state index in [0.717, 1.165) is 29.1 Å². The van der Waals surface area contributed by atoms with E-state index in [0.29, 0.717) is 24.6 Å². The minimum absolute atomic E-state index is 0.0578. The molecule has 0 atom stereocenters. The molecule has 0 saturated carbocycles. The van der Waals surface area contributed by atoms with Gasteiger partial charge in [0.2, 0.25) is 0 Å². The van der Waals surface area contributed by atoms with Crippen molar-refractivity contribution in [3.8, 4) is 5.82 Å². The Bertz CT molecular complexity index is 1120. The van der Waals surface area contributed by atoms with Gasteiger partial charge in [-0.25, -0.2) is 19.6 Å². The van der Waals surface area contributed by atoms with Crippen molar-refractivity contribution in [3.05, 3.63) is 60.1 Å². The van der Waals surface area contributed by atoms with E-state index >= 15 is 0 Å². The summed E-state index contributed by atoms with van der Waals surface area (Å²) in [7, 11) is 0. The molecule has 1 amide bonds. The lowest BCUT2D eigenvalue weighted by molar-refractivity contribution is 0.0740. The molecule has 1 fully saturated rings. The number of anilines is 1. The zero-order valence-corrected chi connectivity index (χ0v) is 15.8. The fraction of sp³-hybridized carbons (Fsp3) is 0.211. The Kier molecular flexibility index (Phi) is 4.21. The lowest BCUT2D eigenvalue weighted by Gasteiger charge is -2.35. The van der Waals surface area contributed by atoms with Gasteiger partial charge >= 0.3 is 0 Å². The van der Waals surface area contributed by atoms with Crippen LogP contribution >= 0.6 is 11.3 Å². The number of hydrogen-bond donors (Lipinski definition) is 0. The van der Waals surface area contributed by atoms with Crippen LogP contribution in [0, 0.1) is 0 Å². The SMILES string of the molecule is O=C(c1cccc(-n2cccn2)n1)N1CCN(c2ncnc3ccsc23)CC1. The van der Waals surface area contributed by atoms with Gasteiger partial charge in [-0.1, -0.05) is 6.07 Å². The van der Waals surface area contributed by atoms with E-state index in [-0.39, 0.29) is 5.91 Å². The summed E-state index contributed by atoms with van der Waals surface area (Å²) in [5.74, 6) is 1.53. The zero-order valence-electron chi connectivity index (χ0n) is 15.0. The normalized spacial score (nSPS) is 14.6. The number of carbonyl (C=O) groups is 1. The summed E-state index contributed by atoms with van der Waals surface area (Å²) in [5, 5.41) is 6.20. The molecular formula is C19H17N7OS. The molecule has 4 aromatic heterocycles. The first-order valence-corrected chi connectivity index (χ1v) is 9.87. The van der Waals surface area contributed by atoms with Gasteiger partial charge in [0.15, 0.2) is 5.82 Å². The Morgan fingerprint density at radius 2 is 1.93 bits per heavy atom. The third-order valence-corrected chi connectivity index (χ3v) is 5.68. The van der Waals surface area contributed by atoms with Crippen molar-refractivity contribution in [1.29, 1.82) is 0 Å². The number of aromatic nitrogens is 5. The molecular weight excluding hydrogens is 374 g/mol. The highest BCUT2D eigenvalue weighted by Gasteiger charge is 2.25. The number of nitrogens with zero attached hydrogens (tertiary/aromatic N) is 7. The smallest absolute Gasteiger partial charge is 0.272 e. The predicted molar refractivity (Wildman–Crippen MR) is 107 cm³/mol. The standard InChI is InChI=1S/C19H17N7OS/c27-19(15-3-1-4-16(23-15)26-7-2-6-22-26)25-10-8-24(9-11-25)18-17-14(5-12-28-17)20-13-21-18/h1-7,12-13H,8-11H2. The van der Waals surface area contributed by atoms with Crippen LogP contribution in [-0.2, 0) is 0 Å². The van der Waals surface area contributed by atoms with Crippen LogP contribution in [0.5, 0.6) is 0 Å². The summed E-state index contributed by atoms with van der Waals surface area (Å²) < 4.78 is 2.74. The Labute approximate surface area is 165 Å². The van der Waals surface area contributed by atoms with Gasteiger partial charge in [0.05, 0.1) is 10.2 Å². The number of hydrogen-bond acceptors (Lipinski definition) is 7. The van der Waals surface area contributed by atoms with Crippen LogP contribution in [0.3, 0.4) is 0 Å². The van der Waals surface area contributed by atoms with Crippen molar-refractivity contribution >= 4 is 33.3 Å². The highest BCUT2D eigenvalue weighted by molar-refractivity contribution is 7.17. The number of carbonyl (C=O) groups excluding carboxylic acids is 1. The third-order valence-electron chi connectivity index (χ3n) is 4.78. The van der Waals surface area contributed by atoms with Crippen molar-refractivity contribution in [2.24, 2.45) is 0 Å². The van der Waals surface area contributed by atoms with Gasteiger partial charge in [-0.2, -0.15) is 5.10 Å². The second-order valence-electron chi connectivity index (χ2n) is 6.44. The minimum atomic E-state index is -0.0578. The van der Waals surface area contributed by atoms with E-state index in [2.05, 4.69) is 25.0 Å². The van der Waals surface area contributed by atoms with E-state index in [1.807, 2.05) is 40.7 Å². The van der Waals surface area contributed by atoms with E-state index in [1.54, 1.807) is 34.6 Å². The molecule has 1 aliphatic rings. The second kappa shape index (κ2) is 7.01. The molecule has 0 spiro atoms. The van der Waals surface area contributed by atoms with Crippen LogP contribution < -0.4 is 4.90 Å². The van der Waals surface area contributed by atoms with Gasteiger partial charge in [0.25, 0.3) is 5.91 Å². The van der Waals surface area contributed by atoms with E-state index < -0.39 is 0 Å². The minimum Gasteiger partial charge on any atom is -0.352 e. The molecule has 5 rings (SSSR count). The maximum atomic E-state index is 12.9. The van der Waals surface area contributed by atoms with Crippen LogP contribution in [0.25, 0.3) is 16.0 Å². The van der Waals surface area contributed by atoms with Gasteiger partial charge in [-0.3, -0.25) is 4.79 Å². The van der Waals surface area contributed by atoms with Crippen LogP contribution in [0.4, 0.5) is 5.82 Å². The van der Waals surface area contributed by atoms with Crippen LogP contribution in [0.15, 0.2) is 54.4 Å². The van der Waals surface area contributed by atoms with Gasteiger partial charge in [-0.15, -0.1) is 11.3 Å². The van der Waals surface area contributed by atoms with Crippen LogP contribution in [-0.4, -0.2) is 61.7 Å². The highest BCUT2D eigenvalue weighted by Crippen LogP contribution is 2.28. The Morgan fingerprint density at radius 1 is 1.04 bits per heavy atom. The van der Waals surface area contributed by atoms with Crippen molar-refractivity contribution in [2.75, 3.05) is 31.1 Å². The third kappa shape index (κ3) is 2.99. The van der Waals surface area contributed by atoms with Crippen molar-refractivity contribution in [3.63, 3.8) is 0 Å². The first kappa shape index (κ1) is 16.8. The predicted octanol–water partition coefficient (Wildman–Crippen LogP) is 2.23. The van der Waals surface area contributed by atoms with Gasteiger partial charge in [0.1, 0.15) is 17.8 Å². The molecule has 5 heterocycles. The Balaban J connectivity index is 1.31. The summed E-state index contributed by atoms with van der Waals surface area (Å²) in [4.78, 5) is 30.2. The number of rotatable bonds is 3. The average Bonchev–Trinajstić information content (AvgIpc) is 3.45. The molecule has 0 bridgehead atoms. The Hall–Kier alpha value is -3.33. The van der Waals surface area contributed by atoms with Crippen molar-refractivity contribution in [1.82, 2.24) is 29.6 Å². The molecule has 0 aliphatic carbocycles. The summed E-state index contributed by atoms with van der Waals surface area (Å²) in [6.07, 6.45) is 5.10. The quantitative estimate of drug-likeness (QED) is 0.533. The molecule has 0 radical (unpaired) electrons. The fourth-order valence-corrected chi connectivity index (χ4v) is 4.22. The van der Waals surface area contributed by atoms with Gasteiger partial charge in [0, 0.05) is 38.6 Å². The average molecular weight is 391 g/mol. The molecule has 28 heavy (non-hydrogen) atoms. The monoisotopic (exact) mass is 391 g/mol. The summed E-state index contributed by atoms with van der Waals surface area (Å²) in [5.41, 5.74) is 1.40. The lowest BCUT2D eigenvalue weighted by atomic mass is 10.2. The molecule has 0 unspecified atom stereocenters. The maximum Gasteiger partial charge on any atom is 0.272 e. The number of piperazine rings is 1. The molecule has 8 nitrogen and oxygen atoms in total. The molecule has 9 heteroatoms. The second-order valence-corrected chi connectivity index (χ2v) is 7.36. The summed E-state index contributed by atoms with van der Waals surface area (Å²) >= 11 is 1.65. The number of amides is 1. The summed E-state index contributed by atoms with van der Waals surface area (Å²) in [6, 6.07) is 9.25. The zero-order chi connectivity index (χ0) is 18.9. The largest absolute Gasteiger partial charge is 0.352 e. The van der Waals surface area contributed by atoms with Crippen LogP contribution in [0.1, 0.15) is 10.5 Å². The van der Waals surface area contributed by atoms with Gasteiger partial charge in [-0.05, 0) is 29.6 Å². The molecule has 1 aliphatic heterocycles. The lowest BCUT2D eigenvalue weighted by Crippen LogP contribution is -2.49. The fourth-order valence-electron chi connectivity index (χ4n) is 3.36. The van der Waals surface area contributed by atoms with E-state index in [1.165, 1.54) is 0 Å². The summed E-state index contributed by atoms with van der Waals surface area (Å²) in [6.45, 7) is 2.72. The first-order valence-electron chi connectivity index (χ1n) is 8.99. The highest BCUT2D eigenvalue weighted by atomic mass is 32.1. The molecule has 0 aromatic carbocycles. The number of thiophene rings is 1. The molecule has 140 valence electrons. The number of pyridine rings is 1. The molecule has 0 N–H and O–H groups in total. The molecule has 1 saturated heterocycles. The maximum absolute atomic E-state index is 12.9. The van der Waals surface area contributed by atoms with Crippen LogP contribution in [0.2, 0.25) is 0 Å². The number of fused-ring (bicyclic) bond motifs is 1. The van der Waals surface area contributed by atoms with E-state index in [9.17, 15) is 4.79 Å². The van der Waals surface area contributed by atoms with Crippen molar-refractivity contribution in [2.45, 2.75) is 0 Å². The van der Waals surface area contributed by atoms with Gasteiger partial charge < -0.3 is 9.80 Å². The van der Waals surface area contributed by atoms with E-state index in [4.69, 9.17) is 0 Å².